The maximum atomic E-state index is 12.2. The van der Waals surface area contributed by atoms with E-state index in [1.54, 1.807) is 6.21 Å². The smallest absolute Gasteiger partial charge is 0.250 e. The van der Waals surface area contributed by atoms with Crippen LogP contribution in [0, 0.1) is 0 Å². The van der Waals surface area contributed by atoms with E-state index in [9.17, 15) is 4.79 Å². The first-order valence-electron chi connectivity index (χ1n) is 10.0. The molecule has 1 amide bonds. The van der Waals surface area contributed by atoms with Gasteiger partial charge in [0, 0.05) is 16.6 Å². The van der Waals surface area contributed by atoms with Gasteiger partial charge >= 0.3 is 0 Å². The minimum absolute atomic E-state index is 0.102. The van der Waals surface area contributed by atoms with Gasteiger partial charge < -0.3 is 4.57 Å². The number of thioether (sulfide) groups is 1. The summed E-state index contributed by atoms with van der Waals surface area (Å²) >= 11 is 4.74. The van der Waals surface area contributed by atoms with Crippen LogP contribution in [0.3, 0.4) is 0 Å². The molecular formula is C23H26BrN5OS. The van der Waals surface area contributed by atoms with Crippen LogP contribution in [-0.4, -0.2) is 32.6 Å². The zero-order valence-corrected chi connectivity index (χ0v) is 20.5. The van der Waals surface area contributed by atoms with Crippen LogP contribution in [0.5, 0.6) is 0 Å². The number of hydrogen-bond donors (Lipinski definition) is 1. The normalized spacial score (nSPS) is 11.8. The predicted octanol–water partition coefficient (Wildman–Crippen LogP) is 5.27. The number of benzene rings is 2. The fourth-order valence-electron chi connectivity index (χ4n) is 2.90. The summed E-state index contributed by atoms with van der Waals surface area (Å²) in [4.78, 5) is 12.2. The third-order valence-electron chi connectivity index (χ3n) is 4.65. The van der Waals surface area contributed by atoms with Crippen molar-refractivity contribution in [2.75, 3.05) is 5.75 Å². The summed E-state index contributed by atoms with van der Waals surface area (Å²) in [5, 5.41) is 13.4. The average molecular weight is 500 g/mol. The number of rotatable bonds is 7. The lowest BCUT2D eigenvalue weighted by Crippen LogP contribution is -2.20. The van der Waals surface area contributed by atoms with Gasteiger partial charge in [0.25, 0.3) is 5.91 Å². The molecule has 0 saturated heterocycles. The summed E-state index contributed by atoms with van der Waals surface area (Å²) in [5.41, 5.74) is 5.85. The molecule has 8 heteroatoms. The summed E-state index contributed by atoms with van der Waals surface area (Å²) in [6.07, 6.45) is 1.61. The molecule has 0 spiro atoms. The maximum Gasteiger partial charge on any atom is 0.250 e. The first-order valence-corrected chi connectivity index (χ1v) is 11.8. The summed E-state index contributed by atoms with van der Waals surface area (Å²) in [6.45, 7) is 9.34. The number of aromatic nitrogens is 3. The lowest BCUT2D eigenvalue weighted by Gasteiger charge is -2.19. The molecule has 6 nitrogen and oxygen atoms in total. The second kappa shape index (κ2) is 10.2. The van der Waals surface area contributed by atoms with Crippen molar-refractivity contribution in [3.8, 4) is 11.4 Å². The number of hydrazone groups is 1. The van der Waals surface area contributed by atoms with Crippen molar-refractivity contribution in [1.29, 1.82) is 0 Å². The highest BCUT2D eigenvalue weighted by atomic mass is 79.9. The number of nitrogens with zero attached hydrogens (tertiary/aromatic N) is 4. The van der Waals surface area contributed by atoms with E-state index in [0.717, 1.165) is 28.0 Å². The molecule has 2 aromatic carbocycles. The van der Waals surface area contributed by atoms with Gasteiger partial charge in [0.1, 0.15) is 0 Å². The Bertz CT molecular complexity index is 1050. The summed E-state index contributed by atoms with van der Waals surface area (Å²) in [5.74, 6) is 0.818. The van der Waals surface area contributed by atoms with E-state index in [1.807, 2.05) is 35.8 Å². The Balaban J connectivity index is 1.61. The number of nitrogens with one attached hydrogen (secondary N) is 1. The Kier molecular flexibility index (Phi) is 7.67. The molecule has 0 fully saturated rings. The van der Waals surface area contributed by atoms with Gasteiger partial charge in [0.05, 0.1) is 12.0 Å². The lowest BCUT2D eigenvalue weighted by molar-refractivity contribution is -0.118. The van der Waals surface area contributed by atoms with Crippen LogP contribution in [0.4, 0.5) is 0 Å². The third kappa shape index (κ3) is 6.27. The second-order valence-corrected chi connectivity index (χ2v) is 9.87. The molecule has 0 bridgehead atoms. The van der Waals surface area contributed by atoms with Crippen LogP contribution >= 0.6 is 27.7 Å². The van der Waals surface area contributed by atoms with Crippen LogP contribution in [0.2, 0.25) is 0 Å². The molecule has 0 saturated carbocycles. The SMILES string of the molecule is CCn1c(SCC(=O)N/N=C/c2ccc(Br)cc2)nnc1-c1ccc(C(C)(C)C)cc1. The zero-order valence-electron chi connectivity index (χ0n) is 18.1. The minimum atomic E-state index is -0.194. The molecule has 0 aliphatic rings. The van der Waals surface area contributed by atoms with Gasteiger partial charge in [-0.2, -0.15) is 5.10 Å². The van der Waals surface area contributed by atoms with Crippen molar-refractivity contribution in [2.45, 2.75) is 44.8 Å². The van der Waals surface area contributed by atoms with Crippen LogP contribution < -0.4 is 5.43 Å². The summed E-state index contributed by atoms with van der Waals surface area (Å²) in [6, 6.07) is 16.1. The molecule has 1 N–H and O–H groups in total. The van der Waals surface area contributed by atoms with Crippen molar-refractivity contribution >= 4 is 39.8 Å². The molecule has 3 aromatic rings. The van der Waals surface area contributed by atoms with E-state index < -0.39 is 0 Å². The Hall–Kier alpha value is -2.45. The van der Waals surface area contributed by atoms with Gasteiger partial charge in [-0.1, -0.05) is 84.9 Å². The molecule has 0 radical (unpaired) electrons. The van der Waals surface area contributed by atoms with Crippen molar-refractivity contribution < 1.29 is 4.79 Å². The van der Waals surface area contributed by atoms with Crippen LogP contribution in [0.25, 0.3) is 11.4 Å². The number of carbonyl (C=O) groups is 1. The van der Waals surface area contributed by atoms with E-state index in [-0.39, 0.29) is 17.1 Å². The quantitative estimate of drug-likeness (QED) is 0.273. The fraction of sp³-hybridized carbons (Fsp3) is 0.304. The van der Waals surface area contributed by atoms with E-state index in [1.165, 1.54) is 17.3 Å². The molecule has 31 heavy (non-hydrogen) atoms. The van der Waals surface area contributed by atoms with Gasteiger partial charge in [-0.25, -0.2) is 5.43 Å². The highest BCUT2D eigenvalue weighted by Crippen LogP contribution is 2.27. The van der Waals surface area contributed by atoms with Crippen molar-refractivity contribution in [3.05, 3.63) is 64.1 Å². The number of amides is 1. The molecule has 162 valence electrons. The van der Waals surface area contributed by atoms with Gasteiger partial charge in [-0.05, 0) is 35.6 Å². The van der Waals surface area contributed by atoms with Crippen molar-refractivity contribution in [2.24, 2.45) is 5.10 Å². The highest BCUT2D eigenvalue weighted by Gasteiger charge is 2.17. The second-order valence-electron chi connectivity index (χ2n) is 8.01. The zero-order chi connectivity index (χ0) is 22.4. The van der Waals surface area contributed by atoms with E-state index in [2.05, 4.69) is 81.7 Å². The van der Waals surface area contributed by atoms with Crippen LogP contribution in [0.15, 0.2) is 63.3 Å². The van der Waals surface area contributed by atoms with Gasteiger partial charge in [-0.3, -0.25) is 4.79 Å². The molecule has 1 heterocycles. The van der Waals surface area contributed by atoms with Crippen LogP contribution in [-0.2, 0) is 16.8 Å². The minimum Gasteiger partial charge on any atom is -0.302 e. The van der Waals surface area contributed by atoms with Crippen molar-refractivity contribution in [1.82, 2.24) is 20.2 Å². The van der Waals surface area contributed by atoms with Gasteiger partial charge in [0.2, 0.25) is 0 Å². The first kappa shape index (κ1) is 23.2. The standard InChI is InChI=1S/C23H26BrN5OS/c1-5-29-21(17-8-10-18(11-9-17)23(2,3)4)27-28-22(29)31-15-20(30)26-25-14-16-6-12-19(24)13-7-16/h6-14H,5,15H2,1-4H3,(H,26,30)/b25-14+. The fourth-order valence-corrected chi connectivity index (χ4v) is 3.96. The Morgan fingerprint density at radius 3 is 2.42 bits per heavy atom. The summed E-state index contributed by atoms with van der Waals surface area (Å²) in [7, 11) is 0. The molecule has 0 aliphatic heterocycles. The van der Waals surface area contributed by atoms with Crippen LogP contribution in [0.1, 0.15) is 38.8 Å². The van der Waals surface area contributed by atoms with Gasteiger partial charge in [-0.15, -0.1) is 10.2 Å². The first-order chi connectivity index (χ1) is 14.8. The Morgan fingerprint density at radius 2 is 1.81 bits per heavy atom. The number of halogens is 1. The van der Waals surface area contributed by atoms with E-state index >= 15 is 0 Å². The van der Waals surface area contributed by atoms with Crippen molar-refractivity contribution in [3.63, 3.8) is 0 Å². The molecule has 0 aliphatic carbocycles. The predicted molar refractivity (Wildman–Crippen MR) is 130 cm³/mol. The third-order valence-corrected chi connectivity index (χ3v) is 6.14. The lowest BCUT2D eigenvalue weighted by atomic mass is 9.87. The highest BCUT2D eigenvalue weighted by molar-refractivity contribution is 9.10. The Morgan fingerprint density at radius 1 is 1.13 bits per heavy atom. The van der Waals surface area contributed by atoms with E-state index in [4.69, 9.17) is 0 Å². The molecule has 1 aromatic heterocycles. The molecule has 0 atom stereocenters. The maximum absolute atomic E-state index is 12.2. The largest absolute Gasteiger partial charge is 0.302 e. The number of carbonyl (C=O) groups excluding carboxylic acids is 1. The monoisotopic (exact) mass is 499 g/mol. The topological polar surface area (TPSA) is 72.2 Å². The summed E-state index contributed by atoms with van der Waals surface area (Å²) < 4.78 is 3.02. The molecule has 0 unspecified atom stereocenters. The number of hydrogen-bond acceptors (Lipinski definition) is 5. The average Bonchev–Trinajstić information content (AvgIpc) is 3.16. The Labute approximate surface area is 195 Å². The molecular weight excluding hydrogens is 474 g/mol. The molecule has 3 rings (SSSR count). The van der Waals surface area contributed by atoms with Gasteiger partial charge in [0.15, 0.2) is 11.0 Å². The van der Waals surface area contributed by atoms with E-state index in [0.29, 0.717) is 5.16 Å².